The number of hydrogen-bond acceptors (Lipinski definition) is 3. The molecular formula is C13H8FN3O3. The summed E-state index contributed by atoms with van der Waals surface area (Å²) in [6.45, 7) is 0. The summed E-state index contributed by atoms with van der Waals surface area (Å²) in [4.78, 5) is 27.0. The third kappa shape index (κ3) is 1.85. The van der Waals surface area contributed by atoms with E-state index in [1.807, 2.05) is 0 Å². The molecule has 0 aliphatic rings. The smallest absolute Gasteiger partial charge is 0.336 e. The molecule has 3 aromatic rings. The Morgan fingerprint density at radius 3 is 2.55 bits per heavy atom. The highest BCUT2D eigenvalue weighted by molar-refractivity contribution is 6.02. The predicted octanol–water partition coefficient (Wildman–Crippen LogP) is 1.76. The molecule has 20 heavy (non-hydrogen) atoms. The number of aromatic nitrogens is 3. The van der Waals surface area contributed by atoms with Crippen LogP contribution < -0.4 is 5.56 Å². The van der Waals surface area contributed by atoms with Gasteiger partial charge in [-0.1, -0.05) is 0 Å². The highest BCUT2D eigenvalue weighted by atomic mass is 19.1. The molecule has 6 nitrogen and oxygen atoms in total. The summed E-state index contributed by atoms with van der Waals surface area (Å²) in [7, 11) is 0. The van der Waals surface area contributed by atoms with Crippen molar-refractivity contribution in [1.82, 2.24) is 15.2 Å². The van der Waals surface area contributed by atoms with E-state index < -0.39 is 17.3 Å². The van der Waals surface area contributed by atoms with E-state index in [9.17, 15) is 19.1 Å². The molecule has 3 N–H and O–H groups in total. The van der Waals surface area contributed by atoms with Crippen molar-refractivity contribution < 1.29 is 14.3 Å². The van der Waals surface area contributed by atoms with Crippen LogP contribution >= 0.6 is 0 Å². The molecule has 0 radical (unpaired) electrons. The first-order valence-electron chi connectivity index (χ1n) is 5.67. The van der Waals surface area contributed by atoms with Crippen LogP contribution in [0.3, 0.4) is 0 Å². The summed E-state index contributed by atoms with van der Waals surface area (Å²) in [5, 5.41) is 14.0. The molecular weight excluding hydrogens is 265 g/mol. The largest absolute Gasteiger partial charge is 0.478 e. The normalized spacial score (nSPS) is 10.8. The van der Waals surface area contributed by atoms with Crippen molar-refractivity contribution in [3.8, 4) is 11.3 Å². The monoisotopic (exact) mass is 273 g/mol. The number of carbonyl (C=O) groups is 1. The lowest BCUT2D eigenvalue weighted by atomic mass is 10.1. The number of nitrogens with zero attached hydrogens (tertiary/aromatic N) is 1. The van der Waals surface area contributed by atoms with E-state index in [-0.39, 0.29) is 16.6 Å². The zero-order valence-corrected chi connectivity index (χ0v) is 9.98. The fourth-order valence-corrected chi connectivity index (χ4v) is 1.98. The van der Waals surface area contributed by atoms with Gasteiger partial charge in [-0.3, -0.25) is 15.0 Å². The molecule has 0 saturated carbocycles. The van der Waals surface area contributed by atoms with Gasteiger partial charge in [0.25, 0.3) is 5.56 Å². The van der Waals surface area contributed by atoms with Gasteiger partial charge in [-0.2, -0.15) is 0 Å². The Bertz CT molecular complexity index is 865. The summed E-state index contributed by atoms with van der Waals surface area (Å²) in [5.74, 6) is -1.63. The number of carboxylic acid groups (broad SMARTS) is 1. The lowest BCUT2D eigenvalue weighted by Crippen LogP contribution is -2.06. The molecule has 7 heteroatoms. The van der Waals surface area contributed by atoms with Crippen molar-refractivity contribution in [2.45, 2.75) is 0 Å². The van der Waals surface area contributed by atoms with E-state index in [4.69, 9.17) is 0 Å². The van der Waals surface area contributed by atoms with Gasteiger partial charge in [0.1, 0.15) is 5.82 Å². The number of H-pyrrole nitrogens is 2. The van der Waals surface area contributed by atoms with Crippen LogP contribution in [0.2, 0.25) is 0 Å². The van der Waals surface area contributed by atoms with Crippen molar-refractivity contribution >= 4 is 17.0 Å². The number of nitrogens with one attached hydrogen (secondary N) is 2. The molecule has 0 fully saturated rings. The van der Waals surface area contributed by atoms with Gasteiger partial charge < -0.3 is 5.11 Å². The van der Waals surface area contributed by atoms with E-state index in [0.717, 1.165) is 0 Å². The first kappa shape index (κ1) is 12.1. The predicted molar refractivity (Wildman–Crippen MR) is 69.1 cm³/mol. The molecule has 0 unspecified atom stereocenters. The molecule has 0 amide bonds. The van der Waals surface area contributed by atoms with Crippen LogP contribution in [0.15, 0.2) is 35.1 Å². The van der Waals surface area contributed by atoms with Crippen LogP contribution in [-0.4, -0.2) is 26.3 Å². The number of carboxylic acids is 1. The Kier molecular flexibility index (Phi) is 2.60. The SMILES string of the molecule is O=C(O)c1cc(-c2ccc(F)cc2)nc2[nH][nH]c(=O)c12. The maximum Gasteiger partial charge on any atom is 0.336 e. The summed E-state index contributed by atoms with van der Waals surface area (Å²) in [6, 6.07) is 6.77. The molecule has 2 aromatic heterocycles. The van der Waals surface area contributed by atoms with Gasteiger partial charge in [0.05, 0.1) is 16.6 Å². The first-order valence-corrected chi connectivity index (χ1v) is 5.67. The number of benzene rings is 1. The van der Waals surface area contributed by atoms with Gasteiger partial charge in [0.2, 0.25) is 0 Å². The van der Waals surface area contributed by atoms with Crippen LogP contribution in [0.1, 0.15) is 10.4 Å². The molecule has 0 saturated heterocycles. The van der Waals surface area contributed by atoms with Crippen molar-refractivity contribution in [1.29, 1.82) is 0 Å². The fourth-order valence-electron chi connectivity index (χ4n) is 1.98. The molecule has 0 aliphatic heterocycles. The Balaban J connectivity index is 2.30. The third-order valence-electron chi connectivity index (χ3n) is 2.91. The number of aromatic carboxylic acids is 1. The summed E-state index contributed by atoms with van der Waals surface area (Å²) < 4.78 is 12.9. The maximum atomic E-state index is 12.9. The van der Waals surface area contributed by atoms with Gasteiger partial charge in [0, 0.05) is 5.56 Å². The minimum absolute atomic E-state index is 0.0108. The Morgan fingerprint density at radius 1 is 1.20 bits per heavy atom. The number of aromatic amines is 2. The van der Waals surface area contributed by atoms with Gasteiger partial charge in [-0.05, 0) is 30.3 Å². The summed E-state index contributed by atoms with van der Waals surface area (Å²) >= 11 is 0. The lowest BCUT2D eigenvalue weighted by Gasteiger charge is -2.03. The number of rotatable bonds is 2. The van der Waals surface area contributed by atoms with Gasteiger partial charge in [0.15, 0.2) is 5.65 Å². The maximum absolute atomic E-state index is 12.9. The van der Waals surface area contributed by atoms with Crippen molar-refractivity contribution in [3.63, 3.8) is 0 Å². The van der Waals surface area contributed by atoms with Crippen molar-refractivity contribution in [2.24, 2.45) is 0 Å². The number of hydrogen-bond donors (Lipinski definition) is 3. The quantitative estimate of drug-likeness (QED) is 0.662. The third-order valence-corrected chi connectivity index (χ3v) is 2.91. The van der Waals surface area contributed by atoms with Crippen LogP contribution in [0, 0.1) is 5.82 Å². The van der Waals surface area contributed by atoms with Crippen LogP contribution in [0.25, 0.3) is 22.3 Å². The number of pyridine rings is 1. The average Bonchev–Trinajstić information content (AvgIpc) is 2.80. The number of fused-ring (bicyclic) bond motifs is 1. The zero-order valence-electron chi connectivity index (χ0n) is 9.98. The molecule has 3 rings (SSSR count). The second kappa shape index (κ2) is 4.30. The molecule has 0 spiro atoms. The second-order valence-electron chi connectivity index (χ2n) is 4.17. The first-order chi connectivity index (χ1) is 9.56. The zero-order chi connectivity index (χ0) is 14.3. The summed E-state index contributed by atoms with van der Waals surface area (Å²) in [5.41, 5.74) is 0.338. The molecule has 0 bridgehead atoms. The van der Waals surface area contributed by atoms with Gasteiger partial charge in [-0.25, -0.2) is 14.2 Å². The topological polar surface area (TPSA) is 98.8 Å². The van der Waals surface area contributed by atoms with Crippen LogP contribution in [-0.2, 0) is 0 Å². The van der Waals surface area contributed by atoms with Crippen molar-refractivity contribution in [2.75, 3.05) is 0 Å². The van der Waals surface area contributed by atoms with Gasteiger partial charge >= 0.3 is 5.97 Å². The molecule has 0 atom stereocenters. The Morgan fingerprint density at radius 2 is 1.90 bits per heavy atom. The van der Waals surface area contributed by atoms with Crippen molar-refractivity contribution in [3.05, 3.63) is 52.1 Å². The highest BCUT2D eigenvalue weighted by Crippen LogP contribution is 2.22. The molecule has 2 heterocycles. The highest BCUT2D eigenvalue weighted by Gasteiger charge is 2.16. The lowest BCUT2D eigenvalue weighted by molar-refractivity contribution is 0.0699. The van der Waals surface area contributed by atoms with E-state index in [1.165, 1.54) is 30.3 Å². The van der Waals surface area contributed by atoms with Crippen LogP contribution in [0.4, 0.5) is 4.39 Å². The van der Waals surface area contributed by atoms with E-state index in [0.29, 0.717) is 11.3 Å². The standard InChI is InChI=1S/C13H8FN3O3/c14-7-3-1-6(2-4-7)9-5-8(13(19)20)10-11(15-9)16-17-12(10)18/h1-5H,(H,19,20)(H2,15,16,17,18). The molecule has 100 valence electrons. The minimum Gasteiger partial charge on any atom is -0.478 e. The average molecular weight is 273 g/mol. The summed E-state index contributed by atoms with van der Waals surface area (Å²) in [6.07, 6.45) is 0. The van der Waals surface area contributed by atoms with E-state index >= 15 is 0 Å². The number of halogens is 1. The Labute approximate surface area is 110 Å². The molecule has 0 aliphatic carbocycles. The minimum atomic E-state index is -1.23. The van der Waals surface area contributed by atoms with E-state index in [1.54, 1.807) is 0 Å². The van der Waals surface area contributed by atoms with Gasteiger partial charge in [-0.15, -0.1) is 0 Å². The fraction of sp³-hybridized carbons (Fsp3) is 0. The molecule has 1 aromatic carbocycles. The second-order valence-corrected chi connectivity index (χ2v) is 4.17. The van der Waals surface area contributed by atoms with Crippen LogP contribution in [0.5, 0.6) is 0 Å². The Hall–Kier alpha value is -2.96. The van der Waals surface area contributed by atoms with E-state index in [2.05, 4.69) is 15.2 Å².